The molecule has 2 heterocycles. The van der Waals surface area contributed by atoms with Gasteiger partial charge in [-0.25, -0.2) is 4.79 Å². The fourth-order valence-corrected chi connectivity index (χ4v) is 3.71. The molecule has 0 spiro atoms. The molecule has 2 aromatic carbocycles. The van der Waals surface area contributed by atoms with Crippen LogP contribution in [-0.2, 0) is 22.3 Å². The summed E-state index contributed by atoms with van der Waals surface area (Å²) in [5.41, 5.74) is 2.48. The van der Waals surface area contributed by atoms with E-state index in [4.69, 9.17) is 13.9 Å². The van der Waals surface area contributed by atoms with Crippen LogP contribution in [0.15, 0.2) is 52.9 Å². The van der Waals surface area contributed by atoms with Crippen molar-refractivity contribution in [3.05, 3.63) is 65.4 Å². The Kier molecular flexibility index (Phi) is 6.45. The largest absolute Gasteiger partial charge is 0.508 e. The maximum atomic E-state index is 12.6. The quantitative estimate of drug-likeness (QED) is 0.349. The Bertz CT molecular complexity index is 1070. The van der Waals surface area contributed by atoms with Crippen molar-refractivity contribution in [1.29, 1.82) is 0 Å². The highest BCUT2D eigenvalue weighted by molar-refractivity contribution is 5.93. The summed E-state index contributed by atoms with van der Waals surface area (Å²) in [6, 6.07) is 13.9. The molecule has 9 nitrogen and oxygen atoms in total. The van der Waals surface area contributed by atoms with Gasteiger partial charge in [0.05, 0.1) is 6.61 Å². The number of aryl methyl sites for hydroxylation is 2. The van der Waals surface area contributed by atoms with Crippen molar-refractivity contribution in [1.82, 2.24) is 0 Å². The number of esters is 1. The zero-order valence-corrected chi connectivity index (χ0v) is 17.0. The van der Waals surface area contributed by atoms with E-state index in [2.05, 4.69) is 0 Å². The number of ether oxygens (including phenoxy) is 2. The molecule has 0 radical (unpaired) electrons. The molecule has 0 saturated carbocycles. The number of fused-ring (bicyclic) bond motifs is 1. The maximum absolute atomic E-state index is 12.6. The molecule has 32 heavy (non-hydrogen) atoms. The topological polar surface area (TPSA) is 150 Å². The number of aromatic hydroxyl groups is 1. The molecule has 170 valence electrons. The Balaban J connectivity index is 1.49. The van der Waals surface area contributed by atoms with E-state index in [0.717, 1.165) is 22.9 Å². The molecule has 4 rings (SSSR count). The van der Waals surface area contributed by atoms with Gasteiger partial charge < -0.3 is 39.4 Å². The average molecular weight is 444 g/mol. The molecule has 0 amide bonds. The minimum atomic E-state index is -1.69. The van der Waals surface area contributed by atoms with Crippen LogP contribution in [-0.4, -0.2) is 68.8 Å². The van der Waals surface area contributed by atoms with Gasteiger partial charge in [0, 0.05) is 5.39 Å². The first kappa shape index (κ1) is 22.3. The number of phenols is 1. The summed E-state index contributed by atoms with van der Waals surface area (Å²) < 4.78 is 16.0. The number of phenolic OH excluding ortho intramolecular Hbond substituents is 1. The van der Waals surface area contributed by atoms with Crippen LogP contribution in [0.4, 0.5) is 0 Å². The van der Waals surface area contributed by atoms with Crippen LogP contribution in [0.2, 0.25) is 0 Å². The number of furan rings is 1. The number of carbonyl (C=O) groups is 1. The Labute approximate surface area is 183 Å². The van der Waals surface area contributed by atoms with Crippen molar-refractivity contribution >= 4 is 16.9 Å². The molecule has 1 aliphatic heterocycles. The van der Waals surface area contributed by atoms with Gasteiger partial charge in [0.25, 0.3) is 0 Å². The summed E-state index contributed by atoms with van der Waals surface area (Å²) in [4.78, 5) is 12.6. The van der Waals surface area contributed by atoms with Crippen LogP contribution in [0.25, 0.3) is 11.0 Å². The van der Waals surface area contributed by atoms with E-state index < -0.39 is 43.3 Å². The summed E-state index contributed by atoms with van der Waals surface area (Å²) in [5, 5.41) is 49.1. The standard InChI is InChI=1S/C23H24O9/c24-11-18-19(26)20(27)21(28)23(31-18)32-22(29)17-10-15-13(2-1-3-16(15)30-17)7-4-12-5-8-14(25)9-6-12/h1-3,5-6,8-10,18-21,23-28H,4,7,11H2/t18-,19-,20+,21-,23+/m1/s1. The highest BCUT2D eigenvalue weighted by atomic mass is 16.7. The molecular weight excluding hydrogens is 420 g/mol. The Morgan fingerprint density at radius 1 is 0.969 bits per heavy atom. The van der Waals surface area contributed by atoms with E-state index in [-0.39, 0.29) is 11.5 Å². The molecule has 9 heteroatoms. The molecule has 5 atom stereocenters. The fraction of sp³-hybridized carbons (Fsp3) is 0.348. The second-order valence-corrected chi connectivity index (χ2v) is 7.71. The van der Waals surface area contributed by atoms with E-state index in [1.807, 2.05) is 24.3 Å². The van der Waals surface area contributed by atoms with Gasteiger partial charge >= 0.3 is 5.97 Å². The van der Waals surface area contributed by atoms with Gasteiger partial charge in [0.1, 0.15) is 35.7 Å². The lowest BCUT2D eigenvalue weighted by Gasteiger charge is -2.38. The third-order valence-electron chi connectivity index (χ3n) is 5.54. The van der Waals surface area contributed by atoms with Gasteiger partial charge in [-0.1, -0.05) is 24.3 Å². The van der Waals surface area contributed by atoms with E-state index in [1.54, 1.807) is 18.2 Å². The summed E-state index contributed by atoms with van der Waals surface area (Å²) in [6.45, 7) is -0.631. The highest BCUT2D eigenvalue weighted by Crippen LogP contribution is 2.27. The van der Waals surface area contributed by atoms with Crippen LogP contribution in [0.3, 0.4) is 0 Å². The third-order valence-corrected chi connectivity index (χ3v) is 5.54. The fourth-order valence-electron chi connectivity index (χ4n) is 3.71. The zero-order valence-electron chi connectivity index (χ0n) is 17.0. The molecule has 1 fully saturated rings. The molecular formula is C23H24O9. The number of aliphatic hydroxyl groups is 4. The van der Waals surface area contributed by atoms with Gasteiger partial charge in [0.2, 0.25) is 12.1 Å². The number of hydrogen-bond donors (Lipinski definition) is 5. The van der Waals surface area contributed by atoms with Gasteiger partial charge in [0.15, 0.2) is 0 Å². The lowest BCUT2D eigenvalue weighted by Crippen LogP contribution is -2.59. The number of aliphatic hydroxyl groups excluding tert-OH is 4. The predicted octanol–water partition coefficient (Wildman–Crippen LogP) is 0.880. The molecule has 3 aromatic rings. The van der Waals surface area contributed by atoms with Crippen molar-refractivity contribution in [2.45, 2.75) is 43.5 Å². The first-order chi connectivity index (χ1) is 15.4. The van der Waals surface area contributed by atoms with Crippen molar-refractivity contribution in [3.63, 3.8) is 0 Å². The highest BCUT2D eigenvalue weighted by Gasteiger charge is 2.45. The van der Waals surface area contributed by atoms with Gasteiger partial charge in [-0.05, 0) is 48.2 Å². The zero-order chi connectivity index (χ0) is 22.8. The first-order valence-corrected chi connectivity index (χ1v) is 10.2. The SMILES string of the molecule is O=C(O[C@@H]1O[C@H](CO)[C@@H](O)[C@H](O)[C@H]1O)c1cc2c(CCc3ccc(O)cc3)cccc2o1. The van der Waals surface area contributed by atoms with E-state index >= 15 is 0 Å². The molecule has 1 aliphatic rings. The van der Waals surface area contributed by atoms with Crippen LogP contribution in [0.5, 0.6) is 5.75 Å². The molecule has 5 N–H and O–H groups in total. The minimum Gasteiger partial charge on any atom is -0.508 e. The Morgan fingerprint density at radius 3 is 2.44 bits per heavy atom. The average Bonchev–Trinajstić information content (AvgIpc) is 3.24. The Morgan fingerprint density at radius 2 is 1.72 bits per heavy atom. The van der Waals surface area contributed by atoms with Gasteiger partial charge in [-0.3, -0.25) is 0 Å². The van der Waals surface area contributed by atoms with E-state index in [0.29, 0.717) is 12.0 Å². The van der Waals surface area contributed by atoms with Crippen molar-refractivity contribution < 1.29 is 44.2 Å². The van der Waals surface area contributed by atoms with Crippen molar-refractivity contribution in [2.24, 2.45) is 0 Å². The summed E-state index contributed by atoms with van der Waals surface area (Å²) in [7, 11) is 0. The lowest BCUT2D eigenvalue weighted by molar-refractivity contribution is -0.285. The number of hydrogen-bond acceptors (Lipinski definition) is 9. The van der Waals surface area contributed by atoms with Crippen LogP contribution >= 0.6 is 0 Å². The summed E-state index contributed by atoms with van der Waals surface area (Å²) in [5.74, 6) is -0.836. The normalized spacial score (nSPS) is 25.7. The summed E-state index contributed by atoms with van der Waals surface area (Å²) >= 11 is 0. The first-order valence-electron chi connectivity index (χ1n) is 10.2. The second kappa shape index (κ2) is 9.27. The van der Waals surface area contributed by atoms with Crippen LogP contribution < -0.4 is 0 Å². The molecule has 1 saturated heterocycles. The third kappa shape index (κ3) is 4.47. The van der Waals surface area contributed by atoms with Gasteiger partial charge in [-0.2, -0.15) is 0 Å². The van der Waals surface area contributed by atoms with Gasteiger partial charge in [-0.15, -0.1) is 0 Å². The second-order valence-electron chi connectivity index (χ2n) is 7.71. The van der Waals surface area contributed by atoms with Crippen molar-refractivity contribution in [3.8, 4) is 5.75 Å². The monoisotopic (exact) mass is 444 g/mol. The molecule has 0 aliphatic carbocycles. The van der Waals surface area contributed by atoms with E-state index in [1.165, 1.54) is 6.07 Å². The minimum absolute atomic E-state index is 0.117. The Hall–Kier alpha value is -2.95. The predicted molar refractivity (Wildman–Crippen MR) is 111 cm³/mol. The lowest BCUT2D eigenvalue weighted by atomic mass is 9.99. The molecule has 0 bridgehead atoms. The molecule has 1 aromatic heterocycles. The maximum Gasteiger partial charge on any atom is 0.376 e. The van der Waals surface area contributed by atoms with Crippen LogP contribution in [0, 0.1) is 0 Å². The number of carbonyl (C=O) groups excluding carboxylic acids is 1. The van der Waals surface area contributed by atoms with Crippen LogP contribution in [0.1, 0.15) is 21.7 Å². The van der Waals surface area contributed by atoms with Crippen molar-refractivity contribution in [2.75, 3.05) is 6.61 Å². The smallest absolute Gasteiger partial charge is 0.376 e. The number of benzene rings is 2. The number of rotatable bonds is 6. The molecule has 0 unspecified atom stereocenters. The summed E-state index contributed by atoms with van der Waals surface area (Å²) in [6.07, 6.45) is -6.28. The van der Waals surface area contributed by atoms with E-state index in [9.17, 15) is 30.3 Å².